The molecule has 0 spiro atoms. The summed E-state index contributed by atoms with van der Waals surface area (Å²) in [5.74, 6) is 0. The van der Waals surface area contributed by atoms with E-state index in [9.17, 15) is 8.42 Å². The van der Waals surface area contributed by atoms with Crippen molar-refractivity contribution >= 4 is 10.1 Å². The minimum atomic E-state index is -3.50. The zero-order valence-electron chi connectivity index (χ0n) is 7.97. The van der Waals surface area contributed by atoms with Gasteiger partial charge in [-0.2, -0.15) is 13.7 Å². The van der Waals surface area contributed by atoms with Crippen LogP contribution in [0.3, 0.4) is 0 Å². The molecule has 14 heavy (non-hydrogen) atoms. The molecule has 0 fully saturated rings. The van der Waals surface area contributed by atoms with Crippen molar-refractivity contribution in [3.8, 4) is 6.07 Å². The summed E-state index contributed by atoms with van der Waals surface area (Å²) in [6.07, 6.45) is 0. The highest BCUT2D eigenvalue weighted by Crippen LogP contribution is 2.09. The van der Waals surface area contributed by atoms with Crippen molar-refractivity contribution in [3.05, 3.63) is 30.3 Å². The van der Waals surface area contributed by atoms with E-state index in [1.165, 1.54) is 19.1 Å². The van der Waals surface area contributed by atoms with Gasteiger partial charge in [-0.05, 0) is 12.1 Å². The summed E-state index contributed by atoms with van der Waals surface area (Å²) in [5.41, 5.74) is 0. The van der Waals surface area contributed by atoms with Crippen LogP contribution in [-0.2, 0) is 14.3 Å². The molecule has 0 saturated heterocycles. The number of nitrogens with zero attached hydrogens (tertiary/aromatic N) is 1. The van der Waals surface area contributed by atoms with Crippen molar-refractivity contribution in [1.82, 2.24) is 0 Å². The van der Waals surface area contributed by atoms with Crippen LogP contribution in [0.1, 0.15) is 6.92 Å². The molecule has 4 nitrogen and oxygen atoms in total. The fourth-order valence-corrected chi connectivity index (χ4v) is 1.37. The van der Waals surface area contributed by atoms with Crippen LogP contribution in [0.15, 0.2) is 35.2 Å². The molecule has 76 valence electrons. The highest BCUT2D eigenvalue weighted by molar-refractivity contribution is 7.86. The first-order valence-corrected chi connectivity index (χ1v) is 5.15. The second kappa shape index (κ2) is 6.13. The maximum Gasteiger partial charge on any atom is 0.296 e. The van der Waals surface area contributed by atoms with Crippen LogP contribution in [0.5, 0.6) is 0 Å². The van der Waals surface area contributed by atoms with Crippen molar-refractivity contribution in [2.45, 2.75) is 11.8 Å². The van der Waals surface area contributed by atoms with Crippen LogP contribution in [0.25, 0.3) is 0 Å². The first-order chi connectivity index (χ1) is 6.58. The van der Waals surface area contributed by atoms with Crippen molar-refractivity contribution < 1.29 is 12.6 Å². The van der Waals surface area contributed by atoms with E-state index in [4.69, 9.17) is 5.26 Å². The van der Waals surface area contributed by atoms with Gasteiger partial charge < -0.3 is 0 Å². The number of hydrogen-bond acceptors (Lipinski definition) is 4. The molecule has 0 radical (unpaired) electrons. The van der Waals surface area contributed by atoms with Gasteiger partial charge in [0.15, 0.2) is 0 Å². The zero-order valence-corrected chi connectivity index (χ0v) is 8.78. The predicted molar refractivity (Wildman–Crippen MR) is 51.9 cm³/mol. The van der Waals surface area contributed by atoms with Crippen molar-refractivity contribution in [2.24, 2.45) is 0 Å². The van der Waals surface area contributed by atoms with Gasteiger partial charge in [0.05, 0.1) is 18.1 Å². The summed E-state index contributed by atoms with van der Waals surface area (Å²) in [5, 5.41) is 7.32. The summed E-state index contributed by atoms with van der Waals surface area (Å²) >= 11 is 0. The van der Waals surface area contributed by atoms with Gasteiger partial charge in [0.2, 0.25) is 0 Å². The summed E-state index contributed by atoms with van der Waals surface area (Å²) < 4.78 is 26.3. The molecule has 0 unspecified atom stereocenters. The Morgan fingerprint density at radius 3 is 2.07 bits per heavy atom. The Kier molecular flexibility index (Phi) is 5.53. The average Bonchev–Trinajstić information content (AvgIpc) is 2.20. The van der Waals surface area contributed by atoms with E-state index in [1.807, 2.05) is 0 Å². The summed E-state index contributed by atoms with van der Waals surface area (Å²) in [6, 6.07) is 9.75. The normalized spacial score (nSPS) is 9.50. The quantitative estimate of drug-likeness (QED) is 0.699. The summed E-state index contributed by atoms with van der Waals surface area (Å²) in [4.78, 5) is 0.183. The zero-order chi connectivity index (χ0) is 11.0. The number of hydrogen-bond donors (Lipinski definition) is 0. The third-order valence-electron chi connectivity index (χ3n) is 1.25. The van der Waals surface area contributed by atoms with E-state index in [1.54, 1.807) is 24.3 Å². The van der Waals surface area contributed by atoms with Crippen LogP contribution in [-0.4, -0.2) is 15.5 Å². The summed E-state index contributed by atoms with van der Waals surface area (Å²) in [7, 11) is -2.36. The van der Waals surface area contributed by atoms with E-state index >= 15 is 0 Å². The Labute approximate surface area is 83.9 Å². The second-order valence-electron chi connectivity index (χ2n) is 2.16. The third-order valence-corrected chi connectivity index (χ3v) is 2.54. The molecule has 0 bridgehead atoms. The van der Waals surface area contributed by atoms with Gasteiger partial charge in [-0.25, -0.2) is 0 Å². The van der Waals surface area contributed by atoms with Gasteiger partial charge in [0, 0.05) is 6.92 Å². The second-order valence-corrected chi connectivity index (χ2v) is 3.87. The highest BCUT2D eigenvalue weighted by atomic mass is 32.2. The lowest BCUT2D eigenvalue weighted by atomic mass is 10.4. The SMILES string of the molecule is CC#N.COS(=O)(=O)c1ccccc1. The Balaban J connectivity index is 0.000000500. The molecule has 5 heteroatoms. The van der Waals surface area contributed by atoms with Crippen LogP contribution < -0.4 is 0 Å². The molecule has 0 aliphatic rings. The van der Waals surface area contributed by atoms with Gasteiger partial charge in [-0.3, -0.25) is 4.18 Å². The van der Waals surface area contributed by atoms with E-state index < -0.39 is 10.1 Å². The molecule has 0 atom stereocenters. The van der Waals surface area contributed by atoms with Crippen molar-refractivity contribution in [1.29, 1.82) is 5.26 Å². The number of benzene rings is 1. The smallest absolute Gasteiger partial charge is 0.270 e. The molecule has 1 aromatic rings. The Bertz CT molecular complexity index is 392. The molecule has 0 heterocycles. The first-order valence-electron chi connectivity index (χ1n) is 3.75. The Hall–Kier alpha value is -1.38. The van der Waals surface area contributed by atoms with Gasteiger partial charge in [0.25, 0.3) is 10.1 Å². The monoisotopic (exact) mass is 213 g/mol. The number of rotatable bonds is 2. The molecular formula is C9H11NO3S. The molecule has 0 aromatic heterocycles. The van der Waals surface area contributed by atoms with Crippen LogP contribution >= 0.6 is 0 Å². The van der Waals surface area contributed by atoms with Crippen LogP contribution in [0.2, 0.25) is 0 Å². The lowest BCUT2D eigenvalue weighted by Gasteiger charge is -1.98. The molecule has 0 aliphatic carbocycles. The molecular weight excluding hydrogens is 202 g/mol. The van der Waals surface area contributed by atoms with E-state index in [0.29, 0.717) is 0 Å². The van der Waals surface area contributed by atoms with Crippen LogP contribution in [0.4, 0.5) is 0 Å². The maximum absolute atomic E-state index is 11.0. The van der Waals surface area contributed by atoms with E-state index in [0.717, 1.165) is 7.11 Å². The molecule has 0 amide bonds. The lowest BCUT2D eigenvalue weighted by Crippen LogP contribution is -2.01. The van der Waals surface area contributed by atoms with E-state index in [2.05, 4.69) is 4.18 Å². The fraction of sp³-hybridized carbons (Fsp3) is 0.222. The first kappa shape index (κ1) is 12.6. The lowest BCUT2D eigenvalue weighted by molar-refractivity contribution is 0.398. The highest BCUT2D eigenvalue weighted by Gasteiger charge is 2.10. The Morgan fingerprint density at radius 1 is 1.29 bits per heavy atom. The van der Waals surface area contributed by atoms with Gasteiger partial charge >= 0.3 is 0 Å². The molecule has 0 aliphatic heterocycles. The summed E-state index contributed by atoms with van der Waals surface area (Å²) in [6.45, 7) is 1.43. The largest absolute Gasteiger partial charge is 0.296 e. The topological polar surface area (TPSA) is 67.2 Å². The van der Waals surface area contributed by atoms with Gasteiger partial charge in [-0.15, -0.1) is 0 Å². The molecule has 1 aromatic carbocycles. The van der Waals surface area contributed by atoms with Crippen molar-refractivity contribution in [2.75, 3.05) is 7.11 Å². The minimum Gasteiger partial charge on any atom is -0.270 e. The number of nitriles is 1. The molecule has 0 N–H and O–H groups in total. The van der Waals surface area contributed by atoms with Gasteiger partial charge in [-0.1, -0.05) is 18.2 Å². The van der Waals surface area contributed by atoms with Crippen LogP contribution in [0, 0.1) is 11.3 Å². The predicted octanol–water partition coefficient (Wildman–Crippen LogP) is 1.55. The minimum absolute atomic E-state index is 0.183. The standard InChI is InChI=1S/C7H8O3S.C2H3N/c1-10-11(8,9)7-5-3-2-4-6-7;1-2-3/h2-6H,1H3;1H3. The average molecular weight is 213 g/mol. The van der Waals surface area contributed by atoms with Gasteiger partial charge in [0.1, 0.15) is 0 Å². The molecule has 0 saturated carbocycles. The fourth-order valence-electron chi connectivity index (χ4n) is 0.683. The van der Waals surface area contributed by atoms with Crippen molar-refractivity contribution in [3.63, 3.8) is 0 Å². The molecule has 1 rings (SSSR count). The maximum atomic E-state index is 11.0. The Morgan fingerprint density at radius 2 is 1.71 bits per heavy atom. The third kappa shape index (κ3) is 4.03. The van der Waals surface area contributed by atoms with E-state index in [-0.39, 0.29) is 4.90 Å².